The second-order valence-electron chi connectivity index (χ2n) is 13.5. The highest BCUT2D eigenvalue weighted by atomic mass is 16.6. The Bertz CT molecular complexity index is 1210. The zero-order valence-corrected chi connectivity index (χ0v) is 33.9. The fourth-order valence-electron chi connectivity index (χ4n) is 4.54. The summed E-state index contributed by atoms with van der Waals surface area (Å²) in [6.07, 6.45) is -7.87. The van der Waals surface area contributed by atoms with Crippen LogP contribution in [0, 0.1) is 0 Å². The first-order valence-electron chi connectivity index (χ1n) is 19.2. The van der Waals surface area contributed by atoms with Gasteiger partial charge in [0.1, 0.15) is 68.7 Å². The number of carbonyl (C=O) groups is 3. The van der Waals surface area contributed by atoms with Crippen LogP contribution in [-0.4, -0.2) is 233 Å². The zero-order chi connectivity index (χ0) is 44.4. The monoisotopic (exact) mass is 872 g/mol. The Labute approximate surface area is 348 Å². The van der Waals surface area contributed by atoms with Crippen molar-refractivity contribution in [3.8, 4) is 0 Å². The number of ketones is 1. The molecule has 0 radical (unpaired) electrons. The first kappa shape index (κ1) is 55.2. The number of benzene rings is 1. The lowest BCUT2D eigenvalue weighted by molar-refractivity contribution is -0.144. The summed E-state index contributed by atoms with van der Waals surface area (Å²) < 4.78 is 59.9. The number of aliphatic carboxylic acids is 2. The Morgan fingerprint density at radius 3 is 1.20 bits per heavy atom. The van der Waals surface area contributed by atoms with Crippen LogP contribution in [0.25, 0.3) is 0 Å². The van der Waals surface area contributed by atoms with Crippen LogP contribution in [0.5, 0.6) is 0 Å². The van der Waals surface area contributed by atoms with Gasteiger partial charge in [0.25, 0.3) is 0 Å². The van der Waals surface area contributed by atoms with Crippen LogP contribution in [0.15, 0.2) is 30.3 Å². The maximum absolute atomic E-state index is 11.1. The minimum atomic E-state index is -1.19. The van der Waals surface area contributed by atoms with Crippen LogP contribution in [0.4, 0.5) is 0 Å². The quantitative estimate of drug-likeness (QED) is 0.0325. The van der Waals surface area contributed by atoms with Crippen LogP contribution < -0.4 is 0 Å². The molecule has 60 heavy (non-hydrogen) atoms. The van der Waals surface area contributed by atoms with Gasteiger partial charge >= 0.3 is 11.9 Å². The minimum Gasteiger partial charge on any atom is -0.480 e. The van der Waals surface area contributed by atoms with E-state index in [1.54, 1.807) is 0 Å². The standard InChI is InChI=1S/C38H64O22/c1-27(40)8-58-34(7-39)20-53-12-31(43)13-54-22-36(60-19-33(45)17-52-11-30(42)15-56-26-38(48)49)24-57-23-35(21-50-9-28-5-3-2-4-6-28)59-18-32(44)16-51-10-29(41)14-55-25-37(46)47/h2-6,29-36,39,41-45H,7-26H2,1H3,(H,46,47)(H,48,49). The van der Waals surface area contributed by atoms with Crippen LogP contribution in [0.2, 0.25) is 0 Å². The number of ether oxygens (including phenoxy) is 11. The van der Waals surface area contributed by atoms with Crippen LogP contribution in [0.3, 0.4) is 0 Å². The molecule has 22 heteroatoms. The summed E-state index contributed by atoms with van der Waals surface area (Å²) in [4.78, 5) is 32.3. The van der Waals surface area contributed by atoms with Gasteiger partial charge < -0.3 is 93.0 Å². The second kappa shape index (κ2) is 35.7. The Balaban J connectivity index is 2.75. The van der Waals surface area contributed by atoms with Gasteiger partial charge in [0.2, 0.25) is 0 Å². The van der Waals surface area contributed by atoms with Crippen molar-refractivity contribution in [1.29, 1.82) is 0 Å². The SMILES string of the molecule is CC(=O)COC(CO)COCC(O)COCC(COCC(COCc1ccccc1)OCC(O)COCC(O)COCC(=O)O)OCC(O)COCC(O)COCC(=O)O. The summed E-state index contributed by atoms with van der Waals surface area (Å²) in [7, 11) is 0. The minimum absolute atomic E-state index is 0.0520. The highest BCUT2D eigenvalue weighted by molar-refractivity contribution is 5.76. The molecule has 0 aromatic heterocycles. The Kier molecular flexibility index (Phi) is 32.8. The molecular weight excluding hydrogens is 808 g/mol. The van der Waals surface area contributed by atoms with Gasteiger partial charge in [-0.1, -0.05) is 30.3 Å². The number of hydrogen-bond acceptors (Lipinski definition) is 20. The lowest BCUT2D eigenvalue weighted by atomic mass is 10.2. The van der Waals surface area contributed by atoms with E-state index in [2.05, 4.69) is 0 Å². The van der Waals surface area contributed by atoms with Crippen molar-refractivity contribution in [2.24, 2.45) is 0 Å². The molecule has 1 aromatic carbocycles. The van der Waals surface area contributed by atoms with Crippen molar-refractivity contribution in [3.63, 3.8) is 0 Å². The molecule has 0 heterocycles. The van der Waals surface area contributed by atoms with Gasteiger partial charge in [0, 0.05) is 0 Å². The van der Waals surface area contributed by atoms with Gasteiger partial charge in [-0.05, 0) is 12.5 Å². The lowest BCUT2D eigenvalue weighted by Crippen LogP contribution is -2.36. The molecule has 0 bridgehead atoms. The molecule has 8 unspecified atom stereocenters. The number of carboxylic acids is 2. The molecule has 0 amide bonds. The average Bonchev–Trinajstić information content (AvgIpc) is 3.19. The van der Waals surface area contributed by atoms with E-state index in [0.717, 1.165) is 5.56 Å². The average molecular weight is 873 g/mol. The van der Waals surface area contributed by atoms with Gasteiger partial charge in [-0.3, -0.25) is 4.79 Å². The molecule has 8 atom stereocenters. The van der Waals surface area contributed by atoms with Crippen molar-refractivity contribution in [3.05, 3.63) is 35.9 Å². The molecule has 8 N–H and O–H groups in total. The second-order valence-corrected chi connectivity index (χ2v) is 13.5. The summed E-state index contributed by atoms with van der Waals surface area (Å²) in [5.41, 5.74) is 0.910. The molecule has 1 rings (SSSR count). The number of rotatable bonds is 42. The third-order valence-corrected chi connectivity index (χ3v) is 7.34. The third kappa shape index (κ3) is 32.9. The van der Waals surface area contributed by atoms with Gasteiger partial charge in [-0.2, -0.15) is 0 Å². The first-order chi connectivity index (χ1) is 28.8. The van der Waals surface area contributed by atoms with Crippen molar-refractivity contribution in [2.45, 2.75) is 62.4 Å². The Morgan fingerprint density at radius 2 is 0.800 bits per heavy atom. The van der Waals surface area contributed by atoms with E-state index in [1.165, 1.54) is 6.92 Å². The van der Waals surface area contributed by atoms with Crippen molar-refractivity contribution >= 4 is 17.7 Å². The molecule has 0 spiro atoms. The van der Waals surface area contributed by atoms with E-state index in [1.807, 2.05) is 30.3 Å². The molecule has 0 saturated carbocycles. The van der Waals surface area contributed by atoms with Crippen molar-refractivity contribution < 1.29 is 107 Å². The molecule has 0 aliphatic carbocycles. The number of aliphatic hydroxyl groups excluding tert-OH is 6. The molecule has 0 fully saturated rings. The van der Waals surface area contributed by atoms with Crippen molar-refractivity contribution in [1.82, 2.24) is 0 Å². The molecular formula is C38H64O22. The molecule has 0 aliphatic heterocycles. The summed E-state index contributed by atoms with van der Waals surface area (Å²) in [6, 6.07) is 9.36. The van der Waals surface area contributed by atoms with Crippen LogP contribution in [0.1, 0.15) is 12.5 Å². The molecule has 22 nitrogen and oxygen atoms in total. The number of carboxylic acid groups (broad SMARTS) is 2. The number of hydrogen-bond donors (Lipinski definition) is 8. The van der Waals surface area contributed by atoms with E-state index in [0.29, 0.717) is 0 Å². The van der Waals surface area contributed by atoms with E-state index < -0.39 is 80.6 Å². The fraction of sp³-hybridized carbons (Fsp3) is 0.763. The maximum atomic E-state index is 11.1. The predicted octanol–water partition coefficient (Wildman–Crippen LogP) is -2.97. The largest absolute Gasteiger partial charge is 0.480 e. The van der Waals surface area contributed by atoms with Crippen molar-refractivity contribution in [2.75, 3.05) is 126 Å². The highest BCUT2D eigenvalue weighted by Crippen LogP contribution is 2.07. The van der Waals surface area contributed by atoms with E-state index >= 15 is 0 Å². The zero-order valence-electron chi connectivity index (χ0n) is 33.9. The molecule has 0 aliphatic rings. The van der Waals surface area contributed by atoms with Gasteiger partial charge in [-0.15, -0.1) is 0 Å². The predicted molar refractivity (Wildman–Crippen MR) is 204 cm³/mol. The van der Waals surface area contributed by atoms with E-state index in [-0.39, 0.29) is 118 Å². The molecule has 0 saturated heterocycles. The number of aliphatic hydroxyl groups is 6. The molecule has 348 valence electrons. The van der Waals surface area contributed by atoms with Gasteiger partial charge in [0.15, 0.2) is 5.78 Å². The molecule has 1 aromatic rings. The summed E-state index contributed by atoms with van der Waals surface area (Å²) in [5.74, 6) is -2.60. The number of carbonyl (C=O) groups excluding carboxylic acids is 1. The lowest BCUT2D eigenvalue weighted by Gasteiger charge is -2.24. The Hall–Kier alpha value is -2.85. The van der Waals surface area contributed by atoms with E-state index in [9.17, 15) is 45.0 Å². The number of Topliss-reactive ketones (excluding diaryl/α,β-unsaturated/α-hetero) is 1. The van der Waals surface area contributed by atoms with Gasteiger partial charge in [-0.25, -0.2) is 9.59 Å². The summed E-state index contributed by atoms with van der Waals surface area (Å²) in [6.45, 7) is -2.74. The summed E-state index contributed by atoms with van der Waals surface area (Å²) >= 11 is 0. The third-order valence-electron chi connectivity index (χ3n) is 7.34. The normalized spacial score (nSPS) is 15.8. The Morgan fingerprint density at radius 1 is 0.450 bits per heavy atom. The summed E-state index contributed by atoms with van der Waals surface area (Å²) in [5, 5.41) is 77.7. The van der Waals surface area contributed by atoms with E-state index in [4.69, 9.17) is 62.3 Å². The fourth-order valence-corrected chi connectivity index (χ4v) is 4.54. The van der Waals surface area contributed by atoms with Gasteiger partial charge in [0.05, 0.1) is 112 Å². The highest BCUT2D eigenvalue weighted by Gasteiger charge is 2.20. The van der Waals surface area contributed by atoms with Crippen LogP contribution in [-0.2, 0) is 73.1 Å². The maximum Gasteiger partial charge on any atom is 0.329 e. The smallest absolute Gasteiger partial charge is 0.329 e. The van der Waals surface area contributed by atoms with Crippen LogP contribution >= 0.6 is 0 Å². The first-order valence-corrected chi connectivity index (χ1v) is 19.2. The topological polar surface area (TPSA) is 315 Å².